The Bertz CT molecular complexity index is 858. The molecule has 6 nitrogen and oxygen atoms in total. The van der Waals surface area contributed by atoms with Crippen LogP contribution in [-0.4, -0.2) is 30.6 Å². The molecule has 0 aliphatic rings. The van der Waals surface area contributed by atoms with Crippen molar-refractivity contribution in [3.63, 3.8) is 0 Å². The van der Waals surface area contributed by atoms with Crippen molar-refractivity contribution in [1.29, 1.82) is 0 Å². The van der Waals surface area contributed by atoms with E-state index < -0.39 is 5.97 Å². The molecule has 0 bridgehead atoms. The van der Waals surface area contributed by atoms with Crippen LogP contribution in [0.4, 0.5) is 5.69 Å². The van der Waals surface area contributed by atoms with E-state index in [9.17, 15) is 9.59 Å². The Morgan fingerprint density at radius 2 is 1.79 bits per heavy atom. The van der Waals surface area contributed by atoms with E-state index in [4.69, 9.17) is 9.84 Å². The molecule has 0 heterocycles. The van der Waals surface area contributed by atoms with Gasteiger partial charge in [-0.15, -0.1) is 0 Å². The summed E-state index contributed by atoms with van der Waals surface area (Å²) in [4.78, 5) is 22.9. The van der Waals surface area contributed by atoms with Gasteiger partial charge in [-0.05, 0) is 36.7 Å². The number of carbonyl (C=O) groups excluding carboxylic acids is 1. The van der Waals surface area contributed by atoms with Gasteiger partial charge in [0.1, 0.15) is 5.76 Å². The van der Waals surface area contributed by atoms with Gasteiger partial charge in [0.15, 0.2) is 0 Å². The number of hydrogen-bond acceptors (Lipinski definition) is 4. The second-order valence-corrected chi connectivity index (χ2v) is 6.43. The van der Waals surface area contributed by atoms with Gasteiger partial charge < -0.3 is 20.5 Å². The molecular formula is C23H26N2O4. The van der Waals surface area contributed by atoms with Gasteiger partial charge >= 0.3 is 5.97 Å². The predicted molar refractivity (Wildman–Crippen MR) is 114 cm³/mol. The van der Waals surface area contributed by atoms with Crippen molar-refractivity contribution < 1.29 is 19.4 Å². The number of benzene rings is 2. The molecule has 0 aliphatic heterocycles. The average Bonchev–Trinajstić information content (AvgIpc) is 2.73. The summed E-state index contributed by atoms with van der Waals surface area (Å²) < 4.78 is 5.37. The molecule has 0 aliphatic carbocycles. The summed E-state index contributed by atoms with van der Waals surface area (Å²) in [6.45, 7) is 5.11. The molecule has 1 amide bonds. The van der Waals surface area contributed by atoms with E-state index in [1.807, 2.05) is 54.6 Å². The van der Waals surface area contributed by atoms with E-state index in [2.05, 4.69) is 17.2 Å². The summed E-state index contributed by atoms with van der Waals surface area (Å²) in [6, 6.07) is 16.9. The van der Waals surface area contributed by atoms with Crippen LogP contribution in [0, 0.1) is 0 Å². The maximum Gasteiger partial charge on any atom is 0.303 e. The number of carboxylic acids is 1. The third kappa shape index (κ3) is 7.63. The number of anilines is 1. The summed E-state index contributed by atoms with van der Waals surface area (Å²) in [5, 5.41) is 14.6. The molecule has 2 aromatic rings. The fourth-order valence-electron chi connectivity index (χ4n) is 2.60. The zero-order valence-electron chi connectivity index (χ0n) is 16.5. The molecule has 0 spiro atoms. The second kappa shape index (κ2) is 11.5. The molecule has 152 valence electrons. The van der Waals surface area contributed by atoms with Gasteiger partial charge in [-0.2, -0.15) is 0 Å². The fraction of sp³-hybridized carbons (Fsp3) is 0.217. The highest BCUT2D eigenvalue weighted by Gasteiger charge is 2.09. The smallest absolute Gasteiger partial charge is 0.303 e. The summed E-state index contributed by atoms with van der Waals surface area (Å²) >= 11 is 0. The minimum atomic E-state index is -0.787. The number of carboxylic acid groups (broad SMARTS) is 1. The Morgan fingerprint density at radius 3 is 2.41 bits per heavy atom. The Labute approximate surface area is 170 Å². The van der Waals surface area contributed by atoms with Crippen LogP contribution in [-0.2, 0) is 20.9 Å². The minimum absolute atomic E-state index is 0.158. The van der Waals surface area contributed by atoms with Crippen molar-refractivity contribution in [3.8, 4) is 0 Å². The van der Waals surface area contributed by atoms with Gasteiger partial charge in [0, 0.05) is 29.8 Å². The van der Waals surface area contributed by atoms with E-state index in [1.165, 1.54) is 0 Å². The summed E-state index contributed by atoms with van der Waals surface area (Å²) in [7, 11) is 1.55. The number of nitrogens with one attached hydrogen (secondary N) is 2. The molecule has 0 unspecified atom stereocenters. The van der Waals surface area contributed by atoms with Crippen LogP contribution in [0.25, 0.3) is 5.76 Å². The molecule has 0 aromatic heterocycles. The van der Waals surface area contributed by atoms with Gasteiger partial charge in [-0.25, -0.2) is 0 Å². The lowest BCUT2D eigenvalue weighted by Gasteiger charge is -2.09. The maximum absolute atomic E-state index is 12.4. The lowest BCUT2D eigenvalue weighted by Crippen LogP contribution is -2.16. The second-order valence-electron chi connectivity index (χ2n) is 6.43. The molecule has 2 aromatic carbocycles. The highest BCUT2D eigenvalue weighted by Crippen LogP contribution is 2.17. The van der Waals surface area contributed by atoms with Gasteiger partial charge in [0.2, 0.25) is 0 Å². The van der Waals surface area contributed by atoms with Gasteiger partial charge in [-0.3, -0.25) is 9.59 Å². The molecule has 2 rings (SSSR count). The molecular weight excluding hydrogens is 368 g/mol. The highest BCUT2D eigenvalue weighted by atomic mass is 16.5. The van der Waals surface area contributed by atoms with Crippen LogP contribution in [0.5, 0.6) is 0 Å². The molecule has 0 fully saturated rings. The number of carbonyl (C=O) groups is 2. The molecule has 0 saturated heterocycles. The first-order chi connectivity index (χ1) is 14.0. The normalized spacial score (nSPS) is 11.0. The first kappa shape index (κ1) is 21.9. The van der Waals surface area contributed by atoms with Crippen LogP contribution in [0.3, 0.4) is 0 Å². The topological polar surface area (TPSA) is 87.7 Å². The average molecular weight is 394 g/mol. The van der Waals surface area contributed by atoms with Gasteiger partial charge in [-0.1, -0.05) is 49.0 Å². The summed E-state index contributed by atoms with van der Waals surface area (Å²) in [5.41, 5.74) is 2.86. The Morgan fingerprint density at radius 1 is 1.10 bits per heavy atom. The quantitative estimate of drug-likeness (QED) is 0.233. The van der Waals surface area contributed by atoms with E-state index >= 15 is 0 Å². The molecule has 0 atom stereocenters. The number of aliphatic carboxylic acids is 1. The lowest BCUT2D eigenvalue weighted by molar-refractivity contribution is -0.137. The largest absolute Gasteiger partial charge is 0.496 e. The third-order valence-electron chi connectivity index (χ3n) is 4.16. The zero-order chi connectivity index (χ0) is 21.1. The SMILES string of the molecule is C=C(/C=C(\OC)c1ccccc1)C(=O)Nc1ccc(CNCCCC(=O)O)cc1. The number of amides is 1. The third-order valence-corrected chi connectivity index (χ3v) is 4.16. The highest BCUT2D eigenvalue weighted by molar-refractivity contribution is 6.06. The summed E-state index contributed by atoms with van der Waals surface area (Å²) in [5.74, 6) is -0.533. The minimum Gasteiger partial charge on any atom is -0.496 e. The van der Waals surface area contributed by atoms with E-state index in [0.29, 0.717) is 31.0 Å². The van der Waals surface area contributed by atoms with Crippen molar-refractivity contribution >= 4 is 23.3 Å². The standard InChI is InChI=1S/C23H26N2O4/c1-17(15-21(29-2)19-7-4-3-5-8-19)23(28)25-20-12-10-18(11-13-20)16-24-14-6-9-22(26)27/h3-5,7-8,10-13,15,24H,1,6,9,14,16H2,2H3,(H,25,28)(H,26,27)/b21-15-. The lowest BCUT2D eigenvalue weighted by atomic mass is 10.1. The fourth-order valence-corrected chi connectivity index (χ4v) is 2.60. The molecule has 0 saturated carbocycles. The van der Waals surface area contributed by atoms with Crippen molar-refractivity contribution in [3.05, 3.63) is 84.0 Å². The van der Waals surface area contributed by atoms with Crippen molar-refractivity contribution in [1.82, 2.24) is 5.32 Å². The van der Waals surface area contributed by atoms with Gasteiger partial charge in [0.05, 0.1) is 7.11 Å². The van der Waals surface area contributed by atoms with Crippen LogP contribution >= 0.6 is 0 Å². The molecule has 3 N–H and O–H groups in total. The molecule has 6 heteroatoms. The number of hydrogen-bond donors (Lipinski definition) is 3. The van der Waals surface area contributed by atoms with Crippen LogP contribution in [0.1, 0.15) is 24.0 Å². The van der Waals surface area contributed by atoms with Gasteiger partial charge in [0.25, 0.3) is 5.91 Å². The van der Waals surface area contributed by atoms with E-state index in [0.717, 1.165) is 11.1 Å². The number of rotatable bonds is 11. The monoisotopic (exact) mass is 394 g/mol. The Balaban J connectivity index is 1.87. The van der Waals surface area contributed by atoms with Crippen molar-refractivity contribution in [2.75, 3.05) is 19.0 Å². The molecule has 0 radical (unpaired) electrons. The van der Waals surface area contributed by atoms with Crippen LogP contribution in [0.2, 0.25) is 0 Å². The van der Waals surface area contributed by atoms with E-state index in [1.54, 1.807) is 13.2 Å². The van der Waals surface area contributed by atoms with Crippen LogP contribution in [0.15, 0.2) is 72.8 Å². The van der Waals surface area contributed by atoms with Crippen molar-refractivity contribution in [2.24, 2.45) is 0 Å². The Hall–Kier alpha value is -3.38. The van der Waals surface area contributed by atoms with Crippen molar-refractivity contribution in [2.45, 2.75) is 19.4 Å². The number of ether oxygens (including phenoxy) is 1. The molecule has 29 heavy (non-hydrogen) atoms. The summed E-state index contributed by atoms with van der Waals surface area (Å²) in [6.07, 6.45) is 2.36. The predicted octanol–water partition coefficient (Wildman–Crippen LogP) is 3.82. The Kier molecular flexibility index (Phi) is 8.66. The number of methoxy groups -OCH3 is 1. The first-order valence-corrected chi connectivity index (χ1v) is 9.32. The maximum atomic E-state index is 12.4. The zero-order valence-corrected chi connectivity index (χ0v) is 16.5. The van der Waals surface area contributed by atoms with E-state index in [-0.39, 0.29) is 17.9 Å². The van der Waals surface area contributed by atoms with Crippen LogP contribution < -0.4 is 10.6 Å². The first-order valence-electron chi connectivity index (χ1n) is 9.32.